The van der Waals surface area contributed by atoms with Crippen molar-refractivity contribution in [3.8, 4) is 45.6 Å². The minimum Gasteiger partial charge on any atom is -0.289 e. The lowest BCUT2D eigenvalue weighted by atomic mass is 9.59. The van der Waals surface area contributed by atoms with Gasteiger partial charge in [-0.3, -0.25) is 4.79 Å². The first-order valence-electron chi connectivity index (χ1n) is 16.6. The van der Waals surface area contributed by atoms with E-state index < -0.39 is 5.41 Å². The van der Waals surface area contributed by atoms with Crippen molar-refractivity contribution in [2.45, 2.75) is 5.41 Å². The highest BCUT2D eigenvalue weighted by atomic mass is 16.1. The standard InChI is InChI=1S/C44H28N6O/c51-39-35-21-7-9-23-37(35)44(38-24-10-8-22-36(38)39,33-19-11-17-31(25-33)42-47-27-45-40(49-42)29-13-3-1-4-14-29)34-20-12-18-32(26-34)43-48-28-46-41(50-43)30-15-5-2-6-16-30/h1-28H. The molecule has 0 fully saturated rings. The number of nitrogens with zero attached hydrogens (tertiary/aromatic N) is 6. The fraction of sp³-hybridized carbons (Fsp3) is 0.0227. The first-order chi connectivity index (χ1) is 25.2. The van der Waals surface area contributed by atoms with E-state index in [2.05, 4.69) is 56.3 Å². The highest BCUT2D eigenvalue weighted by Gasteiger charge is 2.46. The van der Waals surface area contributed by atoms with Crippen molar-refractivity contribution in [2.75, 3.05) is 0 Å². The lowest BCUT2D eigenvalue weighted by Gasteiger charge is -2.42. The molecule has 0 aliphatic heterocycles. The quantitative estimate of drug-likeness (QED) is 0.177. The Bertz CT molecular complexity index is 2390. The predicted octanol–water partition coefficient (Wildman–Crippen LogP) is 8.65. The van der Waals surface area contributed by atoms with E-state index in [0.29, 0.717) is 34.4 Å². The molecule has 2 aromatic heterocycles. The SMILES string of the molecule is O=C1c2ccccc2C(c2cccc(-c3ncnc(-c4ccccc4)n3)c2)(c2cccc(-c3ncnc(-c4ccccc4)n3)c2)c2ccccc21. The number of carbonyl (C=O) groups excluding carboxylic acids is 1. The summed E-state index contributed by atoms with van der Waals surface area (Å²) in [5, 5.41) is 0. The molecule has 0 N–H and O–H groups in total. The van der Waals surface area contributed by atoms with Gasteiger partial charge in [-0.05, 0) is 34.4 Å². The Morgan fingerprint density at radius 1 is 0.373 bits per heavy atom. The minimum absolute atomic E-state index is 0.000857. The first kappa shape index (κ1) is 30.1. The van der Waals surface area contributed by atoms with Crippen LogP contribution in [0.25, 0.3) is 45.6 Å². The molecule has 8 aromatic rings. The normalized spacial score (nSPS) is 12.9. The summed E-state index contributed by atoms with van der Waals surface area (Å²) in [6, 6.07) is 52.2. The van der Waals surface area contributed by atoms with Crippen molar-refractivity contribution in [1.82, 2.24) is 29.9 Å². The second-order valence-corrected chi connectivity index (χ2v) is 12.3. The molecule has 1 aliphatic rings. The molecule has 7 heteroatoms. The number of benzene rings is 6. The summed E-state index contributed by atoms with van der Waals surface area (Å²) in [6.45, 7) is 0. The molecule has 240 valence electrons. The Balaban J connectivity index is 1.28. The van der Waals surface area contributed by atoms with Gasteiger partial charge in [0.15, 0.2) is 29.1 Å². The number of rotatable bonds is 6. The topological polar surface area (TPSA) is 94.4 Å². The maximum atomic E-state index is 14.1. The van der Waals surface area contributed by atoms with Gasteiger partial charge in [0.05, 0.1) is 5.41 Å². The summed E-state index contributed by atoms with van der Waals surface area (Å²) in [4.78, 5) is 42.0. The van der Waals surface area contributed by atoms with E-state index in [-0.39, 0.29) is 5.78 Å². The molecule has 0 bridgehead atoms. The summed E-state index contributed by atoms with van der Waals surface area (Å²) < 4.78 is 0. The van der Waals surface area contributed by atoms with E-state index in [0.717, 1.165) is 44.5 Å². The van der Waals surface area contributed by atoms with Crippen LogP contribution in [0.15, 0.2) is 170 Å². The third-order valence-corrected chi connectivity index (χ3v) is 9.47. The Hall–Kier alpha value is -6.99. The molecule has 1 aliphatic carbocycles. The van der Waals surface area contributed by atoms with Crippen LogP contribution in [0.3, 0.4) is 0 Å². The maximum absolute atomic E-state index is 14.1. The van der Waals surface area contributed by atoms with Crippen molar-refractivity contribution in [3.63, 3.8) is 0 Å². The zero-order valence-electron chi connectivity index (χ0n) is 27.3. The van der Waals surface area contributed by atoms with Gasteiger partial charge < -0.3 is 0 Å². The van der Waals surface area contributed by atoms with Gasteiger partial charge in [0.2, 0.25) is 0 Å². The second kappa shape index (κ2) is 12.5. The van der Waals surface area contributed by atoms with Gasteiger partial charge in [0.1, 0.15) is 12.7 Å². The number of ketones is 1. The average molecular weight is 657 g/mol. The van der Waals surface area contributed by atoms with Crippen LogP contribution in [-0.4, -0.2) is 35.7 Å². The maximum Gasteiger partial charge on any atom is 0.193 e. The lowest BCUT2D eigenvalue weighted by Crippen LogP contribution is -2.38. The molecule has 51 heavy (non-hydrogen) atoms. The van der Waals surface area contributed by atoms with Crippen molar-refractivity contribution < 1.29 is 4.79 Å². The highest BCUT2D eigenvalue weighted by molar-refractivity contribution is 6.14. The summed E-state index contributed by atoms with van der Waals surface area (Å²) in [5.74, 6) is 2.31. The fourth-order valence-electron chi connectivity index (χ4n) is 7.20. The van der Waals surface area contributed by atoms with Crippen LogP contribution in [0.5, 0.6) is 0 Å². The van der Waals surface area contributed by atoms with Crippen LogP contribution < -0.4 is 0 Å². The Morgan fingerprint density at radius 3 is 1.20 bits per heavy atom. The van der Waals surface area contributed by atoms with E-state index in [1.54, 1.807) is 12.7 Å². The third-order valence-electron chi connectivity index (χ3n) is 9.47. The number of hydrogen-bond acceptors (Lipinski definition) is 7. The summed E-state index contributed by atoms with van der Waals surface area (Å²) in [7, 11) is 0. The van der Waals surface area contributed by atoms with Gasteiger partial charge in [0, 0.05) is 33.4 Å². The molecule has 0 radical (unpaired) electrons. The molecule has 0 amide bonds. The van der Waals surface area contributed by atoms with Crippen molar-refractivity contribution >= 4 is 5.78 Å². The predicted molar refractivity (Wildman–Crippen MR) is 197 cm³/mol. The Labute approximate surface area is 294 Å². The smallest absolute Gasteiger partial charge is 0.193 e. The highest BCUT2D eigenvalue weighted by Crippen LogP contribution is 2.51. The zero-order chi connectivity index (χ0) is 34.2. The molecule has 6 aromatic carbocycles. The van der Waals surface area contributed by atoms with Crippen LogP contribution in [-0.2, 0) is 5.41 Å². The summed E-state index contributed by atoms with van der Waals surface area (Å²) in [5.41, 5.74) is 7.62. The van der Waals surface area contributed by atoms with Gasteiger partial charge >= 0.3 is 0 Å². The Morgan fingerprint density at radius 2 is 0.745 bits per heavy atom. The zero-order valence-corrected chi connectivity index (χ0v) is 27.3. The fourth-order valence-corrected chi connectivity index (χ4v) is 7.20. The van der Waals surface area contributed by atoms with E-state index in [4.69, 9.17) is 9.97 Å². The summed E-state index contributed by atoms with van der Waals surface area (Å²) in [6.07, 6.45) is 3.11. The monoisotopic (exact) mass is 656 g/mol. The second-order valence-electron chi connectivity index (χ2n) is 12.3. The molecule has 9 rings (SSSR count). The van der Waals surface area contributed by atoms with Crippen molar-refractivity contribution in [1.29, 1.82) is 0 Å². The average Bonchev–Trinajstić information content (AvgIpc) is 3.22. The van der Waals surface area contributed by atoms with Crippen molar-refractivity contribution in [3.05, 3.63) is 204 Å². The van der Waals surface area contributed by atoms with E-state index in [1.807, 2.05) is 121 Å². The largest absolute Gasteiger partial charge is 0.289 e. The number of aromatic nitrogens is 6. The van der Waals surface area contributed by atoms with E-state index >= 15 is 0 Å². The Kier molecular flexibility index (Phi) is 7.36. The molecule has 0 spiro atoms. The lowest BCUT2D eigenvalue weighted by molar-refractivity contribution is 0.103. The molecule has 0 atom stereocenters. The summed E-state index contributed by atoms with van der Waals surface area (Å²) >= 11 is 0. The van der Waals surface area contributed by atoms with Crippen LogP contribution in [0.4, 0.5) is 0 Å². The molecule has 2 heterocycles. The third kappa shape index (κ3) is 5.11. The van der Waals surface area contributed by atoms with Crippen molar-refractivity contribution in [2.24, 2.45) is 0 Å². The van der Waals surface area contributed by atoms with Crippen LogP contribution in [0.2, 0.25) is 0 Å². The first-order valence-corrected chi connectivity index (χ1v) is 16.6. The minimum atomic E-state index is -0.891. The van der Waals surface area contributed by atoms with Gasteiger partial charge in [-0.15, -0.1) is 0 Å². The van der Waals surface area contributed by atoms with E-state index in [9.17, 15) is 4.79 Å². The number of carbonyl (C=O) groups is 1. The van der Waals surface area contributed by atoms with Gasteiger partial charge in [-0.1, -0.05) is 146 Å². The number of hydrogen-bond donors (Lipinski definition) is 0. The molecule has 0 unspecified atom stereocenters. The molecule has 7 nitrogen and oxygen atoms in total. The molecular weight excluding hydrogens is 629 g/mol. The van der Waals surface area contributed by atoms with Gasteiger partial charge in [-0.2, -0.15) is 0 Å². The van der Waals surface area contributed by atoms with Crippen LogP contribution in [0, 0.1) is 0 Å². The molecular formula is C44H28N6O. The van der Waals surface area contributed by atoms with Crippen LogP contribution in [0.1, 0.15) is 38.2 Å². The molecule has 0 saturated carbocycles. The van der Waals surface area contributed by atoms with Gasteiger partial charge in [0.25, 0.3) is 0 Å². The number of fused-ring (bicyclic) bond motifs is 2. The molecule has 0 saturated heterocycles. The van der Waals surface area contributed by atoms with E-state index in [1.165, 1.54) is 0 Å². The van der Waals surface area contributed by atoms with Gasteiger partial charge in [-0.25, -0.2) is 29.9 Å². The van der Waals surface area contributed by atoms with Crippen LogP contribution >= 0.6 is 0 Å².